The molecular weight excluding hydrogens is 541 g/mol. The molecule has 41 heavy (non-hydrogen) atoms. The van der Waals surface area contributed by atoms with Crippen molar-refractivity contribution in [1.82, 2.24) is 0 Å². The summed E-state index contributed by atoms with van der Waals surface area (Å²) in [4.78, 5) is 24.5. The number of methoxy groups -OCH3 is 1. The fourth-order valence-electron chi connectivity index (χ4n) is 3.87. The topological polar surface area (TPSA) is 134 Å². The zero-order chi connectivity index (χ0) is 30.0. The number of ether oxygens (including phenoxy) is 3. The van der Waals surface area contributed by atoms with Crippen molar-refractivity contribution < 1.29 is 42.1 Å². The fraction of sp³-hybridized carbons (Fsp3) is 0.267. The van der Waals surface area contributed by atoms with Crippen molar-refractivity contribution in [2.75, 3.05) is 25.2 Å². The molecule has 5 N–H and O–H groups in total. The van der Waals surface area contributed by atoms with Crippen LogP contribution in [0, 0.1) is 0 Å². The summed E-state index contributed by atoms with van der Waals surface area (Å²) in [5, 5.41) is 9.70. The molecule has 0 amide bonds. The average Bonchev–Trinajstić information content (AvgIpc) is 2.91. The van der Waals surface area contributed by atoms with Crippen molar-refractivity contribution in [3.63, 3.8) is 0 Å². The predicted octanol–water partition coefficient (Wildman–Crippen LogP) is 6.29. The molecule has 0 saturated carbocycles. The molecule has 218 valence electrons. The third-order valence-corrected chi connectivity index (χ3v) is 6.05. The lowest BCUT2D eigenvalue weighted by Crippen LogP contribution is -2.09. The zero-order valence-corrected chi connectivity index (χ0v) is 22.4. The minimum absolute atomic E-state index is 0.0271. The van der Waals surface area contributed by atoms with Gasteiger partial charge in [-0.25, -0.2) is 9.59 Å². The van der Waals surface area contributed by atoms with Crippen molar-refractivity contribution in [2.45, 2.75) is 38.3 Å². The molecule has 0 heterocycles. The van der Waals surface area contributed by atoms with E-state index in [-0.39, 0.29) is 48.5 Å². The molecule has 0 saturated heterocycles. The molecule has 11 heteroatoms. The number of halogens is 3. The second-order valence-electron chi connectivity index (χ2n) is 9.18. The number of alkyl halides is 3. The molecule has 0 unspecified atom stereocenters. The molecule has 0 bridgehead atoms. The number of carbonyl (C=O) groups excluding carboxylic acids is 1. The fourth-order valence-corrected chi connectivity index (χ4v) is 3.87. The van der Waals surface area contributed by atoms with Crippen LogP contribution in [0.3, 0.4) is 0 Å². The van der Waals surface area contributed by atoms with Gasteiger partial charge in [-0.3, -0.25) is 0 Å². The first kappa shape index (κ1) is 30.9. The SMILES string of the molecule is COc1cc(/C=C(\CCc2ccc(N)cc2N)C(=O)O)ccc1OC(=O)c1ccc(OCCCCC(F)(F)F)cc1. The molecule has 0 aromatic heterocycles. The first-order valence-corrected chi connectivity index (χ1v) is 12.7. The Morgan fingerprint density at radius 1 is 0.951 bits per heavy atom. The summed E-state index contributed by atoms with van der Waals surface area (Å²) in [7, 11) is 1.39. The molecule has 0 aliphatic rings. The number of carboxylic acids is 1. The van der Waals surface area contributed by atoms with Gasteiger partial charge in [-0.05, 0) is 91.4 Å². The van der Waals surface area contributed by atoms with E-state index in [1.165, 1.54) is 43.5 Å². The molecule has 3 aromatic rings. The van der Waals surface area contributed by atoms with Crippen LogP contribution in [0.5, 0.6) is 17.2 Å². The molecule has 0 aliphatic heterocycles. The Hall–Kier alpha value is -4.67. The number of anilines is 2. The number of nitrogen functional groups attached to an aromatic ring is 2. The highest BCUT2D eigenvalue weighted by molar-refractivity contribution is 5.93. The molecular formula is C30H31F3N2O6. The molecule has 0 radical (unpaired) electrons. The summed E-state index contributed by atoms with van der Waals surface area (Å²) in [5.74, 6) is -0.988. The molecule has 0 spiro atoms. The molecule has 0 aliphatic carbocycles. The van der Waals surface area contributed by atoms with Gasteiger partial charge in [0, 0.05) is 23.4 Å². The molecule has 0 atom stereocenters. The lowest BCUT2D eigenvalue weighted by molar-refractivity contribution is -0.136. The number of rotatable bonds is 13. The number of aliphatic carboxylic acids is 1. The number of esters is 1. The Bertz CT molecular complexity index is 1390. The van der Waals surface area contributed by atoms with Crippen LogP contribution in [0.2, 0.25) is 0 Å². The Morgan fingerprint density at radius 2 is 1.68 bits per heavy atom. The molecule has 0 fully saturated rings. The monoisotopic (exact) mass is 572 g/mol. The minimum Gasteiger partial charge on any atom is -0.494 e. The highest BCUT2D eigenvalue weighted by Gasteiger charge is 2.25. The van der Waals surface area contributed by atoms with Crippen LogP contribution in [-0.2, 0) is 11.2 Å². The van der Waals surface area contributed by atoms with Gasteiger partial charge in [0.1, 0.15) is 5.75 Å². The van der Waals surface area contributed by atoms with Gasteiger partial charge in [-0.1, -0.05) is 12.1 Å². The third-order valence-electron chi connectivity index (χ3n) is 6.05. The van der Waals surface area contributed by atoms with Gasteiger partial charge in [0.15, 0.2) is 11.5 Å². The van der Waals surface area contributed by atoms with Crippen LogP contribution < -0.4 is 25.7 Å². The number of hydrogen-bond acceptors (Lipinski definition) is 7. The number of benzene rings is 3. The second kappa shape index (κ2) is 14.1. The maximum atomic E-state index is 12.7. The summed E-state index contributed by atoms with van der Waals surface area (Å²) in [6.07, 6.45) is -2.69. The van der Waals surface area contributed by atoms with E-state index in [4.69, 9.17) is 25.7 Å². The summed E-state index contributed by atoms with van der Waals surface area (Å²) < 4.78 is 52.9. The highest BCUT2D eigenvalue weighted by atomic mass is 19.4. The lowest BCUT2D eigenvalue weighted by Gasteiger charge is -2.11. The van der Waals surface area contributed by atoms with Gasteiger partial charge in [0.05, 0.1) is 19.3 Å². The second-order valence-corrected chi connectivity index (χ2v) is 9.18. The Kier molecular flexibility index (Phi) is 10.6. The lowest BCUT2D eigenvalue weighted by atomic mass is 10.0. The molecule has 8 nitrogen and oxygen atoms in total. The van der Waals surface area contributed by atoms with Gasteiger partial charge >= 0.3 is 18.1 Å². The normalized spacial score (nSPS) is 11.7. The van der Waals surface area contributed by atoms with Crippen LogP contribution >= 0.6 is 0 Å². The third kappa shape index (κ3) is 9.79. The standard InChI is InChI=1S/C30H31F3N2O6/c1-39-27-17-19(16-22(28(36)37)6-5-20-7-10-23(34)18-25(20)35)4-13-26(27)41-29(38)21-8-11-24(12-9-21)40-15-3-2-14-30(31,32)33/h4,7-13,16-18H,2-3,5-6,14-15,34-35H2,1H3,(H,36,37)/b22-16+. The summed E-state index contributed by atoms with van der Waals surface area (Å²) >= 11 is 0. The van der Waals surface area contributed by atoms with E-state index in [0.29, 0.717) is 29.1 Å². The van der Waals surface area contributed by atoms with Gasteiger partial charge in [0.2, 0.25) is 0 Å². The summed E-state index contributed by atoms with van der Waals surface area (Å²) in [5.41, 5.74) is 14.4. The first-order valence-electron chi connectivity index (χ1n) is 12.7. The van der Waals surface area contributed by atoms with E-state index in [0.717, 1.165) is 5.56 Å². The van der Waals surface area contributed by atoms with Crippen molar-refractivity contribution in [1.29, 1.82) is 0 Å². The van der Waals surface area contributed by atoms with E-state index in [1.54, 1.807) is 30.3 Å². The maximum absolute atomic E-state index is 12.7. The van der Waals surface area contributed by atoms with Gasteiger partial charge in [-0.15, -0.1) is 0 Å². The Balaban J connectivity index is 1.62. The van der Waals surface area contributed by atoms with Crippen LogP contribution in [0.4, 0.5) is 24.5 Å². The first-order chi connectivity index (χ1) is 19.4. The van der Waals surface area contributed by atoms with Gasteiger partial charge in [-0.2, -0.15) is 13.2 Å². The Labute approximate surface area is 235 Å². The minimum atomic E-state index is -4.18. The van der Waals surface area contributed by atoms with Crippen molar-refractivity contribution in [3.8, 4) is 17.2 Å². The van der Waals surface area contributed by atoms with Crippen molar-refractivity contribution >= 4 is 29.4 Å². The smallest absolute Gasteiger partial charge is 0.389 e. The van der Waals surface area contributed by atoms with Gasteiger partial charge < -0.3 is 30.8 Å². The molecule has 3 rings (SSSR count). The average molecular weight is 573 g/mol. The van der Waals surface area contributed by atoms with E-state index in [1.807, 2.05) is 0 Å². The summed E-state index contributed by atoms with van der Waals surface area (Å²) in [6.45, 7) is 0.122. The van der Waals surface area contributed by atoms with Crippen molar-refractivity contribution in [2.24, 2.45) is 0 Å². The van der Waals surface area contributed by atoms with Crippen LogP contribution in [0.25, 0.3) is 6.08 Å². The van der Waals surface area contributed by atoms with Gasteiger partial charge in [0.25, 0.3) is 0 Å². The largest absolute Gasteiger partial charge is 0.494 e. The quantitative estimate of drug-likeness (QED) is 0.0715. The number of unbranched alkanes of at least 4 members (excludes halogenated alkanes) is 1. The number of nitrogens with two attached hydrogens (primary N) is 2. The zero-order valence-electron chi connectivity index (χ0n) is 22.4. The molecule has 3 aromatic carbocycles. The number of aryl methyl sites for hydroxylation is 1. The van der Waals surface area contributed by atoms with Crippen molar-refractivity contribution in [3.05, 3.63) is 82.9 Å². The number of carboxylic acid groups (broad SMARTS) is 1. The summed E-state index contributed by atoms with van der Waals surface area (Å²) in [6, 6.07) is 15.7. The van der Waals surface area contributed by atoms with E-state index < -0.39 is 24.5 Å². The number of carbonyl (C=O) groups is 2. The van der Waals surface area contributed by atoms with E-state index in [9.17, 15) is 27.9 Å². The van der Waals surface area contributed by atoms with Crippen LogP contribution in [-0.4, -0.2) is 36.9 Å². The van der Waals surface area contributed by atoms with E-state index >= 15 is 0 Å². The highest BCUT2D eigenvalue weighted by Crippen LogP contribution is 2.31. The van der Waals surface area contributed by atoms with Crippen LogP contribution in [0.1, 0.15) is 47.2 Å². The Morgan fingerprint density at radius 3 is 2.32 bits per heavy atom. The maximum Gasteiger partial charge on any atom is 0.389 e. The van der Waals surface area contributed by atoms with E-state index in [2.05, 4.69) is 0 Å². The van der Waals surface area contributed by atoms with Crippen LogP contribution in [0.15, 0.2) is 66.2 Å². The predicted molar refractivity (Wildman–Crippen MR) is 149 cm³/mol. The number of hydrogen-bond donors (Lipinski definition) is 3.